The molecule has 0 aromatic heterocycles. The Balaban J connectivity index is 3.51. The van der Waals surface area contributed by atoms with E-state index in [1.54, 1.807) is 13.8 Å². The highest BCUT2D eigenvalue weighted by Crippen LogP contribution is 2.29. The molecular weight excluding hydrogens is 236 g/mol. The summed E-state index contributed by atoms with van der Waals surface area (Å²) in [7, 11) is -2.44. The van der Waals surface area contributed by atoms with E-state index in [-0.39, 0.29) is 10.3 Å². The maximum absolute atomic E-state index is 11.8. The molecule has 4 heteroatoms. The average Bonchev–Trinajstić information content (AvgIpc) is 2.14. The maximum Gasteiger partial charge on any atom is 0.297 e. The molecule has 1 rings (SSSR count). The Hall–Kier alpha value is -0.870. The molecule has 0 N–H and O–H groups in total. The van der Waals surface area contributed by atoms with E-state index in [0.717, 1.165) is 16.7 Å². The van der Waals surface area contributed by atoms with E-state index in [4.69, 9.17) is 0 Å². The lowest BCUT2D eigenvalue weighted by molar-refractivity contribution is 0.397. The van der Waals surface area contributed by atoms with Gasteiger partial charge in [0.25, 0.3) is 10.1 Å². The van der Waals surface area contributed by atoms with Gasteiger partial charge in [0, 0.05) is 0 Å². The van der Waals surface area contributed by atoms with Crippen molar-refractivity contribution < 1.29 is 12.6 Å². The lowest BCUT2D eigenvalue weighted by Crippen LogP contribution is -2.14. The zero-order chi connectivity index (χ0) is 13.4. The third-order valence-corrected chi connectivity index (χ3v) is 4.38. The van der Waals surface area contributed by atoms with Crippen LogP contribution >= 0.6 is 0 Å². The monoisotopic (exact) mass is 256 g/mol. The molecule has 1 aromatic rings. The third kappa shape index (κ3) is 2.87. The van der Waals surface area contributed by atoms with E-state index < -0.39 is 10.1 Å². The molecule has 0 unspecified atom stereocenters. The number of aryl methyl sites for hydroxylation is 2. The van der Waals surface area contributed by atoms with E-state index >= 15 is 0 Å². The fourth-order valence-corrected chi connectivity index (χ4v) is 2.93. The zero-order valence-electron chi connectivity index (χ0n) is 11.3. The molecule has 96 valence electrons. The fraction of sp³-hybridized carbons (Fsp3) is 0.538. The Morgan fingerprint density at radius 3 is 1.76 bits per heavy atom. The first-order valence-electron chi connectivity index (χ1n) is 5.52. The van der Waals surface area contributed by atoms with Crippen LogP contribution in [0.5, 0.6) is 0 Å². The summed E-state index contributed by atoms with van der Waals surface area (Å²) in [5.74, 6) is 0. The van der Waals surface area contributed by atoms with Gasteiger partial charge in [0.15, 0.2) is 0 Å². The van der Waals surface area contributed by atoms with E-state index in [1.165, 1.54) is 7.11 Å². The van der Waals surface area contributed by atoms with Crippen LogP contribution in [0.1, 0.15) is 37.5 Å². The number of benzene rings is 1. The van der Waals surface area contributed by atoms with Crippen molar-refractivity contribution in [2.45, 2.75) is 44.9 Å². The van der Waals surface area contributed by atoms with Gasteiger partial charge in [0.2, 0.25) is 0 Å². The van der Waals surface area contributed by atoms with Crippen molar-refractivity contribution >= 4 is 10.1 Å². The molecule has 0 saturated heterocycles. The quantitative estimate of drug-likeness (QED) is 0.764. The molecule has 0 aliphatic heterocycles. The number of rotatable bonds is 2. The summed E-state index contributed by atoms with van der Waals surface area (Å²) in [6.07, 6.45) is 0. The summed E-state index contributed by atoms with van der Waals surface area (Å²) in [5.41, 5.74) is 2.60. The molecule has 0 amide bonds. The van der Waals surface area contributed by atoms with Crippen LogP contribution in [0.3, 0.4) is 0 Å². The lowest BCUT2D eigenvalue weighted by atomic mass is 9.85. The summed E-state index contributed by atoms with van der Waals surface area (Å²) >= 11 is 0. The van der Waals surface area contributed by atoms with Crippen molar-refractivity contribution in [2.24, 2.45) is 0 Å². The zero-order valence-corrected chi connectivity index (χ0v) is 12.1. The predicted molar refractivity (Wildman–Crippen MR) is 68.8 cm³/mol. The van der Waals surface area contributed by atoms with Crippen molar-refractivity contribution in [1.29, 1.82) is 0 Å². The molecule has 3 nitrogen and oxygen atoms in total. The first-order chi connectivity index (χ1) is 7.59. The van der Waals surface area contributed by atoms with E-state index in [0.29, 0.717) is 0 Å². The van der Waals surface area contributed by atoms with Gasteiger partial charge < -0.3 is 0 Å². The summed E-state index contributed by atoms with van der Waals surface area (Å²) in [6.45, 7) is 9.91. The Morgan fingerprint density at radius 1 is 1.06 bits per heavy atom. The molecule has 0 atom stereocenters. The van der Waals surface area contributed by atoms with Crippen molar-refractivity contribution in [1.82, 2.24) is 0 Å². The molecule has 0 heterocycles. The van der Waals surface area contributed by atoms with Gasteiger partial charge >= 0.3 is 0 Å². The second-order valence-corrected chi connectivity index (χ2v) is 6.96. The Morgan fingerprint density at radius 2 is 1.47 bits per heavy atom. The number of hydrogen-bond acceptors (Lipinski definition) is 3. The van der Waals surface area contributed by atoms with Gasteiger partial charge in [-0.3, -0.25) is 4.18 Å². The molecule has 0 saturated carbocycles. The average molecular weight is 256 g/mol. The predicted octanol–water partition coefficient (Wildman–Crippen LogP) is 2.94. The molecular formula is C13H20O3S. The summed E-state index contributed by atoms with van der Waals surface area (Å²) in [5, 5.41) is 0. The van der Waals surface area contributed by atoms with Gasteiger partial charge in [-0.25, -0.2) is 0 Å². The van der Waals surface area contributed by atoms with Crippen LogP contribution in [-0.4, -0.2) is 15.5 Å². The molecule has 17 heavy (non-hydrogen) atoms. The van der Waals surface area contributed by atoms with Crippen LogP contribution in [0.2, 0.25) is 0 Å². The highest BCUT2D eigenvalue weighted by Gasteiger charge is 2.22. The van der Waals surface area contributed by atoms with Crippen molar-refractivity contribution in [2.75, 3.05) is 7.11 Å². The van der Waals surface area contributed by atoms with Gasteiger partial charge in [-0.05, 0) is 36.0 Å². The number of hydrogen-bond donors (Lipinski definition) is 0. The normalized spacial score (nSPS) is 12.8. The fourth-order valence-electron chi connectivity index (χ4n) is 1.86. The second kappa shape index (κ2) is 4.42. The van der Waals surface area contributed by atoms with E-state index in [1.807, 2.05) is 12.1 Å². The van der Waals surface area contributed by atoms with Gasteiger partial charge in [-0.15, -0.1) is 0 Å². The lowest BCUT2D eigenvalue weighted by Gasteiger charge is -2.22. The summed E-state index contributed by atoms with van der Waals surface area (Å²) < 4.78 is 28.1. The summed E-state index contributed by atoms with van der Waals surface area (Å²) in [4.78, 5) is 0.285. The van der Waals surface area contributed by atoms with Crippen molar-refractivity contribution in [3.63, 3.8) is 0 Å². The maximum atomic E-state index is 11.8. The Bertz CT molecular complexity index is 499. The summed E-state index contributed by atoms with van der Waals surface area (Å²) in [6, 6.07) is 3.83. The first kappa shape index (κ1) is 14.2. The van der Waals surface area contributed by atoms with Gasteiger partial charge in [0.1, 0.15) is 0 Å². The van der Waals surface area contributed by atoms with Gasteiger partial charge in [0.05, 0.1) is 12.0 Å². The minimum absolute atomic E-state index is 0.00484. The Kier molecular flexibility index (Phi) is 3.69. The van der Waals surface area contributed by atoms with E-state index in [2.05, 4.69) is 25.0 Å². The topological polar surface area (TPSA) is 43.4 Å². The van der Waals surface area contributed by atoms with Crippen LogP contribution in [0.4, 0.5) is 0 Å². The van der Waals surface area contributed by atoms with Crippen LogP contribution in [0, 0.1) is 13.8 Å². The highest BCUT2D eigenvalue weighted by molar-refractivity contribution is 7.86. The van der Waals surface area contributed by atoms with Gasteiger partial charge in [-0.1, -0.05) is 32.9 Å². The van der Waals surface area contributed by atoms with Crippen LogP contribution in [0.15, 0.2) is 17.0 Å². The Labute approximate surface area is 104 Å². The van der Waals surface area contributed by atoms with Crippen molar-refractivity contribution in [3.05, 3.63) is 28.8 Å². The standard InChI is InChI=1S/C13H20O3S/c1-9-7-11(13(3,4)5)8-10(2)12(9)17(14,15)16-6/h7-8H,1-6H3. The minimum Gasteiger partial charge on any atom is -0.270 e. The van der Waals surface area contributed by atoms with Crippen molar-refractivity contribution in [3.8, 4) is 0 Å². The molecule has 0 aliphatic carbocycles. The van der Waals surface area contributed by atoms with E-state index in [9.17, 15) is 8.42 Å². The smallest absolute Gasteiger partial charge is 0.270 e. The molecule has 0 spiro atoms. The first-order valence-corrected chi connectivity index (χ1v) is 6.93. The minimum atomic E-state index is -3.62. The molecule has 0 fully saturated rings. The molecule has 0 aliphatic rings. The molecule has 0 radical (unpaired) electrons. The second-order valence-electron chi connectivity index (χ2n) is 5.31. The van der Waals surface area contributed by atoms with Gasteiger partial charge in [-0.2, -0.15) is 8.42 Å². The molecule has 1 aromatic carbocycles. The SMILES string of the molecule is COS(=O)(=O)c1c(C)cc(C(C)(C)C)cc1C. The van der Waals surface area contributed by atoms with Crippen LogP contribution in [0.25, 0.3) is 0 Å². The largest absolute Gasteiger partial charge is 0.297 e. The third-order valence-electron chi connectivity index (χ3n) is 2.80. The highest BCUT2D eigenvalue weighted by atomic mass is 32.2. The van der Waals surface area contributed by atoms with Crippen LogP contribution in [-0.2, 0) is 19.7 Å². The molecule has 0 bridgehead atoms. The van der Waals surface area contributed by atoms with Crippen LogP contribution < -0.4 is 0 Å².